The van der Waals surface area contributed by atoms with Gasteiger partial charge in [0.15, 0.2) is 0 Å². The van der Waals surface area contributed by atoms with E-state index in [1.54, 1.807) is 18.2 Å². The maximum Gasteiger partial charge on any atom is 0.270 e. The highest BCUT2D eigenvalue weighted by molar-refractivity contribution is 6.05. The SMILES string of the molecule is CN(C)c1ccc(/C=C(\NC(=O)c2ccccc2)C(=O)N2CCCCC2)cc1. The lowest BCUT2D eigenvalue weighted by atomic mass is 10.1. The van der Waals surface area contributed by atoms with Crippen molar-refractivity contribution in [3.63, 3.8) is 0 Å². The maximum atomic E-state index is 13.1. The highest BCUT2D eigenvalue weighted by atomic mass is 16.2. The van der Waals surface area contributed by atoms with E-state index in [1.807, 2.05) is 66.4 Å². The number of amides is 2. The van der Waals surface area contributed by atoms with Crippen molar-refractivity contribution in [2.45, 2.75) is 19.3 Å². The second-order valence-electron chi connectivity index (χ2n) is 7.22. The molecule has 146 valence electrons. The van der Waals surface area contributed by atoms with Gasteiger partial charge in [-0.05, 0) is 55.2 Å². The van der Waals surface area contributed by atoms with E-state index >= 15 is 0 Å². The fraction of sp³-hybridized carbons (Fsp3) is 0.304. The molecule has 1 fully saturated rings. The van der Waals surface area contributed by atoms with Gasteiger partial charge in [0.05, 0.1) is 0 Å². The molecule has 0 atom stereocenters. The molecule has 5 nitrogen and oxygen atoms in total. The van der Waals surface area contributed by atoms with Crippen LogP contribution < -0.4 is 10.2 Å². The van der Waals surface area contributed by atoms with E-state index in [1.165, 1.54) is 0 Å². The predicted molar refractivity (Wildman–Crippen MR) is 113 cm³/mol. The molecule has 2 amide bonds. The topological polar surface area (TPSA) is 52.7 Å². The van der Waals surface area contributed by atoms with Crippen molar-refractivity contribution >= 4 is 23.6 Å². The summed E-state index contributed by atoms with van der Waals surface area (Å²) in [5.74, 6) is -0.400. The zero-order chi connectivity index (χ0) is 19.9. The van der Waals surface area contributed by atoms with Crippen LogP contribution in [0.1, 0.15) is 35.2 Å². The van der Waals surface area contributed by atoms with Gasteiger partial charge < -0.3 is 15.1 Å². The standard InChI is InChI=1S/C23H27N3O2/c1-25(2)20-13-11-18(12-14-20)17-21(23(28)26-15-7-4-8-16-26)24-22(27)19-9-5-3-6-10-19/h3,5-6,9-14,17H,4,7-8,15-16H2,1-2H3,(H,24,27)/b21-17-. The molecule has 0 saturated carbocycles. The maximum absolute atomic E-state index is 13.1. The highest BCUT2D eigenvalue weighted by Gasteiger charge is 2.22. The second-order valence-corrected chi connectivity index (χ2v) is 7.22. The van der Waals surface area contributed by atoms with E-state index < -0.39 is 0 Å². The largest absolute Gasteiger partial charge is 0.378 e. The van der Waals surface area contributed by atoms with Gasteiger partial charge in [-0.25, -0.2) is 0 Å². The Hall–Kier alpha value is -3.08. The molecule has 0 bridgehead atoms. The average Bonchev–Trinajstić information content (AvgIpc) is 2.74. The molecule has 1 aliphatic heterocycles. The van der Waals surface area contributed by atoms with Gasteiger partial charge in [-0.2, -0.15) is 0 Å². The van der Waals surface area contributed by atoms with Crippen LogP contribution in [0.2, 0.25) is 0 Å². The molecule has 2 aromatic carbocycles. The molecule has 2 aromatic rings. The van der Waals surface area contributed by atoms with Crippen molar-refractivity contribution < 1.29 is 9.59 Å². The zero-order valence-electron chi connectivity index (χ0n) is 16.5. The van der Waals surface area contributed by atoms with Crippen LogP contribution in [0.25, 0.3) is 6.08 Å². The van der Waals surface area contributed by atoms with Crippen LogP contribution in [-0.4, -0.2) is 43.9 Å². The Kier molecular flexibility index (Phi) is 6.48. The summed E-state index contributed by atoms with van der Waals surface area (Å²) in [6.45, 7) is 1.47. The van der Waals surface area contributed by atoms with Crippen molar-refractivity contribution in [2.75, 3.05) is 32.1 Å². The lowest BCUT2D eigenvalue weighted by Crippen LogP contribution is -2.41. The quantitative estimate of drug-likeness (QED) is 0.811. The minimum Gasteiger partial charge on any atom is -0.378 e. The summed E-state index contributed by atoms with van der Waals surface area (Å²) in [7, 11) is 3.96. The number of piperidine rings is 1. The Morgan fingerprint density at radius 2 is 1.57 bits per heavy atom. The number of hydrogen-bond acceptors (Lipinski definition) is 3. The van der Waals surface area contributed by atoms with E-state index in [2.05, 4.69) is 5.32 Å². The number of benzene rings is 2. The summed E-state index contributed by atoms with van der Waals surface area (Å²) >= 11 is 0. The third-order valence-electron chi connectivity index (χ3n) is 4.88. The molecule has 0 aliphatic carbocycles. The van der Waals surface area contributed by atoms with Crippen LogP contribution >= 0.6 is 0 Å². The van der Waals surface area contributed by atoms with E-state index in [0.717, 1.165) is 43.6 Å². The Labute approximate surface area is 166 Å². The minimum absolute atomic E-state index is 0.124. The Bertz CT molecular complexity index is 836. The number of rotatable bonds is 5. The van der Waals surface area contributed by atoms with Gasteiger partial charge in [0.25, 0.3) is 11.8 Å². The van der Waals surface area contributed by atoms with Crippen LogP contribution in [0.3, 0.4) is 0 Å². The number of anilines is 1. The molecular formula is C23H27N3O2. The summed E-state index contributed by atoms with van der Waals surface area (Å²) in [6, 6.07) is 16.9. The summed E-state index contributed by atoms with van der Waals surface area (Å²) in [6.07, 6.45) is 4.91. The van der Waals surface area contributed by atoms with Crippen LogP contribution in [0.15, 0.2) is 60.3 Å². The zero-order valence-corrected chi connectivity index (χ0v) is 16.5. The molecular weight excluding hydrogens is 350 g/mol. The number of carbonyl (C=O) groups is 2. The van der Waals surface area contributed by atoms with E-state index in [-0.39, 0.29) is 11.8 Å². The van der Waals surface area contributed by atoms with Gasteiger partial charge in [0, 0.05) is 38.4 Å². The van der Waals surface area contributed by atoms with Crippen LogP contribution in [0.5, 0.6) is 0 Å². The molecule has 3 rings (SSSR count). The molecule has 1 heterocycles. The molecule has 0 radical (unpaired) electrons. The third-order valence-corrected chi connectivity index (χ3v) is 4.88. The lowest BCUT2D eigenvalue weighted by molar-refractivity contribution is -0.128. The van der Waals surface area contributed by atoms with E-state index in [0.29, 0.717) is 11.3 Å². The summed E-state index contributed by atoms with van der Waals surface area (Å²) in [5.41, 5.74) is 2.80. The predicted octanol–water partition coefficient (Wildman–Crippen LogP) is 3.54. The van der Waals surface area contributed by atoms with Gasteiger partial charge in [0.2, 0.25) is 0 Å². The molecule has 1 saturated heterocycles. The summed E-state index contributed by atoms with van der Waals surface area (Å²) < 4.78 is 0. The van der Waals surface area contributed by atoms with Crippen molar-refractivity contribution in [2.24, 2.45) is 0 Å². The molecule has 28 heavy (non-hydrogen) atoms. The van der Waals surface area contributed by atoms with Crippen LogP contribution in [0, 0.1) is 0 Å². The van der Waals surface area contributed by atoms with Gasteiger partial charge in [-0.15, -0.1) is 0 Å². The third kappa shape index (κ3) is 5.00. The fourth-order valence-electron chi connectivity index (χ4n) is 3.24. The Morgan fingerprint density at radius 3 is 2.18 bits per heavy atom. The normalized spacial score (nSPS) is 14.5. The summed E-state index contributed by atoms with van der Waals surface area (Å²) in [4.78, 5) is 29.6. The smallest absolute Gasteiger partial charge is 0.270 e. The van der Waals surface area contributed by atoms with Crippen LogP contribution in [0.4, 0.5) is 5.69 Å². The number of likely N-dealkylation sites (tertiary alicyclic amines) is 1. The second kappa shape index (κ2) is 9.22. The Morgan fingerprint density at radius 1 is 0.929 bits per heavy atom. The van der Waals surface area contributed by atoms with E-state index in [9.17, 15) is 9.59 Å². The molecule has 1 aliphatic rings. The first kappa shape index (κ1) is 19.7. The molecule has 5 heteroatoms. The number of carbonyl (C=O) groups excluding carboxylic acids is 2. The first-order chi connectivity index (χ1) is 13.5. The average molecular weight is 377 g/mol. The van der Waals surface area contributed by atoms with Crippen LogP contribution in [-0.2, 0) is 4.79 Å². The van der Waals surface area contributed by atoms with Gasteiger partial charge >= 0.3 is 0 Å². The minimum atomic E-state index is -0.276. The van der Waals surface area contributed by atoms with Gasteiger partial charge in [-0.1, -0.05) is 30.3 Å². The number of nitrogens with one attached hydrogen (secondary N) is 1. The van der Waals surface area contributed by atoms with Gasteiger partial charge in [0.1, 0.15) is 5.70 Å². The van der Waals surface area contributed by atoms with Crippen molar-refractivity contribution in [1.82, 2.24) is 10.2 Å². The molecule has 1 N–H and O–H groups in total. The highest BCUT2D eigenvalue weighted by Crippen LogP contribution is 2.17. The van der Waals surface area contributed by atoms with Crippen molar-refractivity contribution in [1.29, 1.82) is 0 Å². The van der Waals surface area contributed by atoms with E-state index in [4.69, 9.17) is 0 Å². The first-order valence-corrected chi connectivity index (χ1v) is 9.69. The Balaban J connectivity index is 1.86. The van der Waals surface area contributed by atoms with Crippen molar-refractivity contribution in [3.05, 3.63) is 71.4 Å². The fourth-order valence-corrected chi connectivity index (χ4v) is 3.24. The molecule has 0 spiro atoms. The number of hydrogen-bond donors (Lipinski definition) is 1. The van der Waals surface area contributed by atoms with Gasteiger partial charge in [-0.3, -0.25) is 9.59 Å². The lowest BCUT2D eigenvalue weighted by Gasteiger charge is -2.27. The first-order valence-electron chi connectivity index (χ1n) is 9.69. The molecule has 0 unspecified atom stereocenters. The number of nitrogens with zero attached hydrogens (tertiary/aromatic N) is 2. The summed E-state index contributed by atoms with van der Waals surface area (Å²) in [5, 5.41) is 2.84. The molecule has 0 aromatic heterocycles. The van der Waals surface area contributed by atoms with Crippen molar-refractivity contribution in [3.8, 4) is 0 Å². The monoisotopic (exact) mass is 377 g/mol.